The molecule has 0 aromatic heterocycles. The van der Waals surface area contributed by atoms with Crippen LogP contribution in [0.3, 0.4) is 0 Å². The molecule has 0 heterocycles. The molecule has 1 saturated carbocycles. The Balaban J connectivity index is 2.12. The molecule has 138 valence electrons. The summed E-state index contributed by atoms with van der Waals surface area (Å²) in [4.78, 5) is 13.9. The summed E-state index contributed by atoms with van der Waals surface area (Å²) in [6, 6.07) is 21.3. The summed E-state index contributed by atoms with van der Waals surface area (Å²) in [6.07, 6.45) is 5.98. The molecule has 2 nitrogen and oxygen atoms in total. The van der Waals surface area contributed by atoms with E-state index in [2.05, 4.69) is 74.6 Å². The van der Waals surface area contributed by atoms with Gasteiger partial charge in [-0.3, -0.25) is 4.79 Å². The number of rotatable bonds is 4. The predicted molar refractivity (Wildman–Crippen MR) is 113 cm³/mol. The maximum Gasteiger partial charge on any atom is 0.226 e. The number of nitrogens with one attached hydrogen (secondary N) is 1. The Hall–Kier alpha value is -1.87. The van der Waals surface area contributed by atoms with Crippen LogP contribution >= 0.6 is 0 Å². The van der Waals surface area contributed by atoms with Crippen molar-refractivity contribution >= 4 is 24.0 Å². The second-order valence-corrected chi connectivity index (χ2v) is 13.1. The topological polar surface area (TPSA) is 29.1 Å². The largest absolute Gasteiger partial charge is 0.357 e. The van der Waals surface area contributed by atoms with Crippen LogP contribution in [0.4, 0.5) is 4.79 Å². The first-order chi connectivity index (χ1) is 12.5. The highest BCUT2D eigenvalue weighted by Crippen LogP contribution is 2.36. The molecule has 0 atom stereocenters. The molecule has 3 heteroatoms. The molecule has 2 aromatic rings. The van der Waals surface area contributed by atoms with Gasteiger partial charge in [-0.15, -0.1) is 0 Å². The Bertz CT molecular complexity index is 675. The van der Waals surface area contributed by atoms with E-state index in [9.17, 15) is 4.79 Å². The number of carbonyl (C=O) groups excluding carboxylic acids is 1. The number of benzene rings is 2. The minimum atomic E-state index is -2.69. The van der Waals surface area contributed by atoms with E-state index < -0.39 is 8.07 Å². The molecule has 0 saturated heterocycles. The Morgan fingerprint density at radius 1 is 0.846 bits per heavy atom. The Kier molecular flexibility index (Phi) is 5.66. The quantitative estimate of drug-likeness (QED) is 0.784. The fourth-order valence-corrected chi connectivity index (χ4v) is 9.63. The Morgan fingerprint density at radius 2 is 1.31 bits per heavy atom. The van der Waals surface area contributed by atoms with Gasteiger partial charge >= 0.3 is 0 Å². The normalized spacial score (nSPS) is 16.3. The van der Waals surface area contributed by atoms with E-state index in [0.29, 0.717) is 6.04 Å². The summed E-state index contributed by atoms with van der Waals surface area (Å²) in [5, 5.41) is 5.76. The summed E-state index contributed by atoms with van der Waals surface area (Å²) in [5.41, 5.74) is 0.272. The van der Waals surface area contributed by atoms with E-state index in [0.717, 1.165) is 12.8 Å². The standard InChI is InChI=1S/C23H31NOSi/c1-23(2,3)26(20-15-9-5-10-16-20,21-17-11-6-12-18-21)22(25)24-19-13-7-4-8-14-19/h5-6,9-12,15-19H,4,7-8,13-14H2,1-3H3,(H,24,25). The van der Waals surface area contributed by atoms with Crippen LogP contribution in [-0.4, -0.2) is 19.6 Å². The summed E-state index contributed by atoms with van der Waals surface area (Å²) < 4.78 is 0. The molecule has 26 heavy (non-hydrogen) atoms. The molecule has 0 radical (unpaired) electrons. The van der Waals surface area contributed by atoms with Gasteiger partial charge in [-0.2, -0.15) is 0 Å². The van der Waals surface area contributed by atoms with Gasteiger partial charge < -0.3 is 5.32 Å². The first-order valence-electron chi connectivity index (χ1n) is 9.88. The molecule has 1 N–H and O–H groups in total. The van der Waals surface area contributed by atoms with Crippen LogP contribution in [0.25, 0.3) is 0 Å². The SMILES string of the molecule is CC(C)(C)[Si](C(=O)NC1CCCCC1)(c1ccccc1)c1ccccc1. The van der Waals surface area contributed by atoms with Crippen molar-refractivity contribution in [3.05, 3.63) is 60.7 Å². The van der Waals surface area contributed by atoms with Gasteiger partial charge in [0.25, 0.3) is 0 Å². The number of hydrogen-bond acceptors (Lipinski definition) is 1. The van der Waals surface area contributed by atoms with E-state index in [-0.39, 0.29) is 10.6 Å². The third-order valence-corrected chi connectivity index (χ3v) is 11.3. The zero-order valence-electron chi connectivity index (χ0n) is 16.3. The summed E-state index contributed by atoms with van der Waals surface area (Å²) >= 11 is 0. The predicted octanol–water partition coefficient (Wildman–Crippen LogP) is 4.67. The molecular formula is C23H31NOSi. The molecule has 0 aliphatic heterocycles. The number of amides is 1. The van der Waals surface area contributed by atoms with Crippen molar-refractivity contribution in [2.75, 3.05) is 0 Å². The maximum absolute atomic E-state index is 13.9. The van der Waals surface area contributed by atoms with Gasteiger partial charge in [0.15, 0.2) is 0 Å². The lowest BCUT2D eigenvalue weighted by atomic mass is 9.96. The fourth-order valence-electron chi connectivity index (χ4n) is 4.55. The van der Waals surface area contributed by atoms with Gasteiger partial charge in [0.05, 0.1) is 0 Å². The second-order valence-electron chi connectivity index (χ2n) is 8.54. The van der Waals surface area contributed by atoms with Crippen LogP contribution in [0.5, 0.6) is 0 Å². The van der Waals surface area contributed by atoms with Crippen LogP contribution in [0, 0.1) is 0 Å². The molecule has 2 aromatic carbocycles. The van der Waals surface area contributed by atoms with E-state index in [4.69, 9.17) is 0 Å². The summed E-state index contributed by atoms with van der Waals surface area (Å²) in [5.74, 6) is 0. The van der Waals surface area contributed by atoms with E-state index in [1.54, 1.807) is 0 Å². The van der Waals surface area contributed by atoms with Crippen LogP contribution < -0.4 is 15.7 Å². The fraction of sp³-hybridized carbons (Fsp3) is 0.435. The van der Waals surface area contributed by atoms with E-state index in [1.807, 2.05) is 12.1 Å². The van der Waals surface area contributed by atoms with Crippen molar-refractivity contribution in [3.8, 4) is 0 Å². The molecule has 3 rings (SSSR count). The van der Waals surface area contributed by atoms with Gasteiger partial charge in [0.2, 0.25) is 13.6 Å². The zero-order chi connectivity index (χ0) is 18.6. The lowest BCUT2D eigenvalue weighted by molar-refractivity contribution is 0.249. The molecular weight excluding hydrogens is 334 g/mol. The molecule has 0 unspecified atom stereocenters. The van der Waals surface area contributed by atoms with Crippen LogP contribution in [-0.2, 0) is 0 Å². The minimum Gasteiger partial charge on any atom is -0.357 e. The van der Waals surface area contributed by atoms with Gasteiger partial charge in [0.1, 0.15) is 0 Å². The van der Waals surface area contributed by atoms with Crippen molar-refractivity contribution in [2.45, 2.75) is 64.0 Å². The molecule has 1 aliphatic carbocycles. The average Bonchev–Trinajstić information content (AvgIpc) is 2.64. The zero-order valence-corrected chi connectivity index (χ0v) is 17.3. The van der Waals surface area contributed by atoms with Crippen LogP contribution in [0.2, 0.25) is 5.04 Å². The minimum absolute atomic E-state index is 0.130. The Labute approximate surface area is 159 Å². The summed E-state index contributed by atoms with van der Waals surface area (Å²) in [7, 11) is -2.69. The van der Waals surface area contributed by atoms with Crippen molar-refractivity contribution in [2.24, 2.45) is 0 Å². The van der Waals surface area contributed by atoms with Crippen LogP contribution in [0.15, 0.2) is 60.7 Å². The molecule has 1 aliphatic rings. The van der Waals surface area contributed by atoms with Crippen molar-refractivity contribution in [1.82, 2.24) is 5.32 Å². The average molecular weight is 366 g/mol. The number of hydrogen-bond donors (Lipinski definition) is 1. The van der Waals surface area contributed by atoms with Crippen molar-refractivity contribution in [1.29, 1.82) is 0 Å². The van der Waals surface area contributed by atoms with E-state index in [1.165, 1.54) is 29.6 Å². The third kappa shape index (κ3) is 3.50. The van der Waals surface area contributed by atoms with Crippen molar-refractivity contribution < 1.29 is 4.79 Å². The second kappa shape index (κ2) is 7.79. The van der Waals surface area contributed by atoms with Gasteiger partial charge in [0, 0.05) is 6.04 Å². The molecule has 0 bridgehead atoms. The van der Waals surface area contributed by atoms with E-state index >= 15 is 0 Å². The van der Waals surface area contributed by atoms with Crippen LogP contribution in [0.1, 0.15) is 52.9 Å². The molecule has 1 fully saturated rings. The lowest BCUT2D eigenvalue weighted by Crippen LogP contribution is -2.73. The lowest BCUT2D eigenvalue weighted by Gasteiger charge is -2.43. The smallest absolute Gasteiger partial charge is 0.226 e. The van der Waals surface area contributed by atoms with Gasteiger partial charge in [-0.25, -0.2) is 0 Å². The highest BCUT2D eigenvalue weighted by Gasteiger charge is 2.54. The van der Waals surface area contributed by atoms with Gasteiger partial charge in [-0.05, 0) is 28.3 Å². The maximum atomic E-state index is 13.9. The molecule has 1 amide bonds. The summed E-state index contributed by atoms with van der Waals surface area (Å²) in [6.45, 7) is 6.71. The first kappa shape index (κ1) is 18.9. The number of carbonyl (C=O) groups is 1. The molecule has 0 spiro atoms. The third-order valence-electron chi connectivity index (χ3n) is 5.82. The highest BCUT2D eigenvalue weighted by molar-refractivity contribution is 7.23. The highest BCUT2D eigenvalue weighted by atomic mass is 28.3. The van der Waals surface area contributed by atoms with Gasteiger partial charge in [-0.1, -0.05) is 101 Å². The monoisotopic (exact) mass is 365 g/mol. The Morgan fingerprint density at radius 3 is 1.73 bits per heavy atom. The first-order valence-corrected chi connectivity index (χ1v) is 11.9. The van der Waals surface area contributed by atoms with Crippen molar-refractivity contribution in [3.63, 3.8) is 0 Å².